The van der Waals surface area contributed by atoms with Crippen LogP contribution in [-0.2, 0) is 9.59 Å². The number of nitriles is 1. The van der Waals surface area contributed by atoms with E-state index >= 15 is 4.39 Å². The van der Waals surface area contributed by atoms with Gasteiger partial charge in [0.15, 0.2) is 0 Å². The molecule has 0 aliphatic carbocycles. The number of dihydropyridines is 1. The van der Waals surface area contributed by atoms with Gasteiger partial charge < -0.3 is 16.0 Å². The molecule has 1 aliphatic heterocycles. The van der Waals surface area contributed by atoms with Gasteiger partial charge >= 0.3 is 0 Å². The largest absolute Gasteiger partial charge is 0.353 e. The molecule has 2 amide bonds. The number of carbonyl (C=O) groups is 2. The highest BCUT2D eigenvalue weighted by Crippen LogP contribution is 2.41. The predicted molar refractivity (Wildman–Crippen MR) is 145 cm³/mol. The average Bonchev–Trinajstić information content (AvgIpc) is 2.89. The summed E-state index contributed by atoms with van der Waals surface area (Å²) in [6.45, 7) is 3.58. The molecule has 0 saturated carbocycles. The van der Waals surface area contributed by atoms with E-state index in [2.05, 4.69) is 22.0 Å². The Labute approximate surface area is 219 Å². The lowest BCUT2D eigenvalue weighted by Crippen LogP contribution is -2.31. The molecule has 3 aromatic rings. The summed E-state index contributed by atoms with van der Waals surface area (Å²) in [6.07, 6.45) is 0. The Balaban J connectivity index is 1.66. The van der Waals surface area contributed by atoms with Gasteiger partial charge in [0.05, 0.1) is 28.3 Å². The molecule has 0 radical (unpaired) electrons. The molecular weight excluding hydrogens is 487 g/mol. The topological polar surface area (TPSA) is 94.0 Å². The molecular formula is C29H25FN4O2S. The highest BCUT2D eigenvalue weighted by molar-refractivity contribution is 8.03. The van der Waals surface area contributed by atoms with Gasteiger partial charge in [0, 0.05) is 28.2 Å². The average molecular weight is 513 g/mol. The Morgan fingerprint density at radius 1 is 0.973 bits per heavy atom. The van der Waals surface area contributed by atoms with Crippen molar-refractivity contribution in [3.8, 4) is 6.07 Å². The van der Waals surface area contributed by atoms with Crippen molar-refractivity contribution in [1.82, 2.24) is 5.32 Å². The minimum atomic E-state index is -0.948. The number of hydrogen-bond acceptors (Lipinski definition) is 5. The summed E-state index contributed by atoms with van der Waals surface area (Å²) in [6, 6.07) is 24.7. The van der Waals surface area contributed by atoms with Crippen molar-refractivity contribution in [2.24, 2.45) is 0 Å². The number of nitrogens with zero attached hydrogens (tertiary/aromatic N) is 1. The number of hydrogen-bond donors (Lipinski definition) is 3. The molecule has 3 N–H and O–H groups in total. The zero-order valence-electron chi connectivity index (χ0n) is 20.3. The minimum Gasteiger partial charge on any atom is -0.353 e. The number of aryl methyl sites for hydroxylation is 1. The maximum absolute atomic E-state index is 15.0. The number of benzene rings is 3. The number of thioether (sulfide) groups is 1. The predicted octanol–water partition coefficient (Wildman–Crippen LogP) is 5.84. The number of carbonyl (C=O) groups excluding carboxylic acids is 2. The highest BCUT2D eigenvalue weighted by Gasteiger charge is 2.36. The Hall–Kier alpha value is -4.35. The van der Waals surface area contributed by atoms with Crippen LogP contribution in [0, 0.1) is 24.1 Å². The smallest absolute Gasteiger partial charge is 0.254 e. The fraction of sp³-hybridized carbons (Fsp3) is 0.138. The lowest BCUT2D eigenvalue weighted by molar-refractivity contribution is -0.114. The molecule has 1 heterocycles. The molecule has 1 unspecified atom stereocenters. The van der Waals surface area contributed by atoms with Crippen molar-refractivity contribution in [3.05, 3.63) is 118 Å². The van der Waals surface area contributed by atoms with Crippen LogP contribution in [0.5, 0.6) is 0 Å². The summed E-state index contributed by atoms with van der Waals surface area (Å²) in [7, 11) is 0. The molecule has 37 heavy (non-hydrogen) atoms. The fourth-order valence-electron chi connectivity index (χ4n) is 4.11. The van der Waals surface area contributed by atoms with E-state index in [1.54, 1.807) is 43.3 Å². The first kappa shape index (κ1) is 25.7. The molecule has 0 spiro atoms. The van der Waals surface area contributed by atoms with E-state index in [1.165, 1.54) is 6.07 Å². The van der Waals surface area contributed by atoms with E-state index < -0.39 is 17.6 Å². The summed E-state index contributed by atoms with van der Waals surface area (Å²) in [4.78, 5) is 26.1. The Bertz CT molecular complexity index is 1440. The summed E-state index contributed by atoms with van der Waals surface area (Å²) in [5, 5.41) is 19.4. The monoisotopic (exact) mass is 512 g/mol. The first-order chi connectivity index (χ1) is 17.9. The molecule has 6 nitrogen and oxygen atoms in total. The Morgan fingerprint density at radius 3 is 2.35 bits per heavy atom. The first-order valence-corrected chi connectivity index (χ1v) is 12.6. The third-order valence-corrected chi connectivity index (χ3v) is 6.92. The van der Waals surface area contributed by atoms with Gasteiger partial charge in [-0.05, 0) is 43.7 Å². The third kappa shape index (κ3) is 5.90. The quantitative estimate of drug-likeness (QED) is 0.370. The summed E-state index contributed by atoms with van der Waals surface area (Å²) in [5.41, 5.74) is 3.25. The van der Waals surface area contributed by atoms with Crippen molar-refractivity contribution >= 4 is 35.0 Å². The van der Waals surface area contributed by atoms with Crippen LogP contribution >= 0.6 is 11.8 Å². The third-order valence-electron chi connectivity index (χ3n) is 5.91. The summed E-state index contributed by atoms with van der Waals surface area (Å²) in [5.74, 6) is -2.15. The van der Waals surface area contributed by atoms with E-state index in [-0.39, 0.29) is 28.4 Å². The summed E-state index contributed by atoms with van der Waals surface area (Å²) < 4.78 is 15.0. The number of para-hydroxylation sites is 2. The van der Waals surface area contributed by atoms with Crippen LogP contribution in [0.4, 0.5) is 15.8 Å². The molecule has 0 saturated heterocycles. The molecule has 3 aromatic carbocycles. The maximum Gasteiger partial charge on any atom is 0.254 e. The Morgan fingerprint density at radius 2 is 1.65 bits per heavy atom. The van der Waals surface area contributed by atoms with Crippen LogP contribution in [0.15, 0.2) is 101 Å². The molecule has 8 heteroatoms. The number of allylic oxidation sites excluding steroid dienone is 2. The number of rotatable bonds is 7. The van der Waals surface area contributed by atoms with Gasteiger partial charge in [-0.25, -0.2) is 4.39 Å². The van der Waals surface area contributed by atoms with Crippen LogP contribution in [0.2, 0.25) is 0 Å². The molecule has 1 aliphatic rings. The van der Waals surface area contributed by atoms with Gasteiger partial charge in [0.2, 0.25) is 5.91 Å². The SMILES string of the molecule is CC1=C(C(=O)Nc2ccccc2C)C(c2ccccc2F)C(C#N)=C(SCC(=O)Nc2ccccc2)N1. The molecule has 0 fully saturated rings. The van der Waals surface area contributed by atoms with Crippen molar-refractivity contribution in [3.63, 3.8) is 0 Å². The van der Waals surface area contributed by atoms with E-state index in [1.807, 2.05) is 43.3 Å². The van der Waals surface area contributed by atoms with Gasteiger partial charge in [-0.1, -0.05) is 66.4 Å². The van der Waals surface area contributed by atoms with Gasteiger partial charge in [0.1, 0.15) is 5.82 Å². The van der Waals surface area contributed by atoms with Crippen molar-refractivity contribution < 1.29 is 14.0 Å². The lowest BCUT2D eigenvalue weighted by atomic mass is 9.82. The maximum atomic E-state index is 15.0. The van der Waals surface area contributed by atoms with Gasteiger partial charge in [-0.3, -0.25) is 9.59 Å². The van der Waals surface area contributed by atoms with Crippen LogP contribution in [0.3, 0.4) is 0 Å². The van der Waals surface area contributed by atoms with E-state index in [4.69, 9.17) is 0 Å². The molecule has 0 aromatic heterocycles. The van der Waals surface area contributed by atoms with Crippen molar-refractivity contribution in [2.75, 3.05) is 16.4 Å². The number of halogens is 1. The zero-order chi connectivity index (χ0) is 26.4. The number of amides is 2. The van der Waals surface area contributed by atoms with E-state index in [9.17, 15) is 14.9 Å². The normalized spacial score (nSPS) is 15.0. The van der Waals surface area contributed by atoms with E-state index in [0.717, 1.165) is 17.3 Å². The second-order valence-electron chi connectivity index (χ2n) is 8.44. The summed E-state index contributed by atoms with van der Waals surface area (Å²) >= 11 is 1.13. The molecule has 186 valence electrons. The molecule has 4 rings (SSSR count). The minimum absolute atomic E-state index is 0.0183. The second-order valence-corrected chi connectivity index (χ2v) is 9.43. The fourth-order valence-corrected chi connectivity index (χ4v) is 5.00. The van der Waals surface area contributed by atoms with Gasteiger partial charge in [-0.15, -0.1) is 0 Å². The highest BCUT2D eigenvalue weighted by atomic mass is 32.2. The molecule has 0 bridgehead atoms. The second kappa shape index (κ2) is 11.6. The number of nitrogens with one attached hydrogen (secondary N) is 3. The Kier molecular flexibility index (Phi) is 8.06. The van der Waals surface area contributed by atoms with Crippen LogP contribution in [0.1, 0.15) is 24.0 Å². The number of anilines is 2. The van der Waals surface area contributed by atoms with Crippen LogP contribution < -0.4 is 16.0 Å². The standard InChI is InChI=1S/C29H25FN4O2S/c1-18-10-6-9-15-24(18)34-28(36)26-19(2)32-29(37-17-25(35)33-20-11-4-3-5-12-20)22(16-31)27(26)21-13-7-8-14-23(21)30/h3-15,27,32H,17H2,1-2H3,(H,33,35)(H,34,36). The first-order valence-electron chi connectivity index (χ1n) is 11.6. The molecule has 1 atom stereocenters. The zero-order valence-corrected chi connectivity index (χ0v) is 21.2. The lowest BCUT2D eigenvalue weighted by Gasteiger charge is -2.30. The van der Waals surface area contributed by atoms with Gasteiger partial charge in [-0.2, -0.15) is 5.26 Å². The van der Waals surface area contributed by atoms with E-state index in [0.29, 0.717) is 22.1 Å². The van der Waals surface area contributed by atoms with Crippen molar-refractivity contribution in [1.29, 1.82) is 5.26 Å². The van der Waals surface area contributed by atoms with Gasteiger partial charge in [0.25, 0.3) is 5.91 Å². The van der Waals surface area contributed by atoms with Crippen LogP contribution in [0.25, 0.3) is 0 Å². The van der Waals surface area contributed by atoms with Crippen molar-refractivity contribution in [2.45, 2.75) is 19.8 Å². The van der Waals surface area contributed by atoms with Crippen LogP contribution in [-0.4, -0.2) is 17.6 Å².